The van der Waals surface area contributed by atoms with E-state index in [0.29, 0.717) is 5.92 Å². The fraction of sp³-hybridized carbons (Fsp3) is 0.571. The van der Waals surface area contributed by atoms with Gasteiger partial charge in [0.1, 0.15) is 5.69 Å². The summed E-state index contributed by atoms with van der Waals surface area (Å²) in [6.07, 6.45) is 3.42. The molecule has 0 bridgehead atoms. The molecule has 0 aliphatic heterocycles. The first-order chi connectivity index (χ1) is 10.1. The quantitative estimate of drug-likeness (QED) is 0.869. The molecular weight excluding hydrogens is 270 g/mol. The van der Waals surface area contributed by atoms with Gasteiger partial charge in [0.15, 0.2) is 11.6 Å². The first-order valence-electron chi connectivity index (χ1n) is 7.20. The lowest BCUT2D eigenvalue weighted by atomic mass is 10.2. The lowest BCUT2D eigenvalue weighted by Gasteiger charge is -2.01. The van der Waals surface area contributed by atoms with Crippen molar-refractivity contribution in [3.8, 4) is 11.5 Å². The first kappa shape index (κ1) is 15.2. The topological polar surface area (TPSA) is 85.8 Å². The van der Waals surface area contributed by atoms with E-state index < -0.39 is 0 Å². The molecule has 114 valence electrons. The van der Waals surface area contributed by atoms with Crippen molar-refractivity contribution in [2.24, 2.45) is 7.05 Å². The monoisotopic (exact) mass is 291 g/mol. The van der Waals surface area contributed by atoms with E-state index in [1.54, 1.807) is 0 Å². The third-order valence-electron chi connectivity index (χ3n) is 3.45. The number of carbonyl (C=O) groups is 1. The predicted octanol–water partition coefficient (Wildman–Crippen LogP) is 1.84. The molecule has 1 N–H and O–H groups in total. The molecule has 1 saturated carbocycles. The van der Waals surface area contributed by atoms with Crippen LogP contribution in [0, 0.1) is 0 Å². The molecule has 0 atom stereocenters. The molecular formula is C14H21N5O2. The average Bonchev–Trinajstić information content (AvgIpc) is 3.12. The van der Waals surface area contributed by atoms with Crippen molar-refractivity contribution >= 4 is 6.47 Å². The number of carboxylic acid groups (broad SMARTS) is 1. The summed E-state index contributed by atoms with van der Waals surface area (Å²) in [5.41, 5.74) is 2.28. The third kappa shape index (κ3) is 3.29. The second-order valence-electron chi connectivity index (χ2n) is 4.98. The van der Waals surface area contributed by atoms with Gasteiger partial charge in [-0.1, -0.05) is 6.92 Å². The second-order valence-corrected chi connectivity index (χ2v) is 4.98. The highest BCUT2D eigenvalue weighted by atomic mass is 16.3. The minimum absolute atomic E-state index is 0.250. The van der Waals surface area contributed by atoms with Gasteiger partial charge in [-0.2, -0.15) is 10.2 Å². The fourth-order valence-electron chi connectivity index (χ4n) is 2.23. The summed E-state index contributed by atoms with van der Waals surface area (Å²) in [4.78, 5) is 13.0. The average molecular weight is 291 g/mol. The van der Waals surface area contributed by atoms with Crippen molar-refractivity contribution in [1.82, 2.24) is 24.5 Å². The maximum Gasteiger partial charge on any atom is 0.290 e. The summed E-state index contributed by atoms with van der Waals surface area (Å²) in [6, 6.07) is 2.17. The number of hydrogen-bond acceptors (Lipinski definition) is 4. The van der Waals surface area contributed by atoms with Gasteiger partial charge in [-0.3, -0.25) is 9.48 Å². The Labute approximate surface area is 123 Å². The van der Waals surface area contributed by atoms with E-state index in [2.05, 4.69) is 35.1 Å². The van der Waals surface area contributed by atoms with Crippen LogP contribution in [0.4, 0.5) is 0 Å². The lowest BCUT2D eigenvalue weighted by molar-refractivity contribution is -0.122. The van der Waals surface area contributed by atoms with Gasteiger partial charge in [0.25, 0.3) is 6.47 Å². The minimum Gasteiger partial charge on any atom is -0.483 e. The van der Waals surface area contributed by atoms with Crippen molar-refractivity contribution in [2.75, 3.05) is 0 Å². The smallest absolute Gasteiger partial charge is 0.290 e. The number of rotatable bonds is 4. The molecule has 0 unspecified atom stereocenters. The van der Waals surface area contributed by atoms with E-state index in [0.717, 1.165) is 30.3 Å². The maximum absolute atomic E-state index is 8.36. The fourth-order valence-corrected chi connectivity index (χ4v) is 2.23. The Morgan fingerprint density at radius 1 is 1.38 bits per heavy atom. The van der Waals surface area contributed by atoms with Crippen molar-refractivity contribution in [1.29, 1.82) is 0 Å². The number of hydrogen-bond donors (Lipinski definition) is 1. The van der Waals surface area contributed by atoms with Crippen molar-refractivity contribution in [2.45, 2.75) is 45.6 Å². The largest absolute Gasteiger partial charge is 0.483 e. The van der Waals surface area contributed by atoms with Crippen molar-refractivity contribution in [3.63, 3.8) is 0 Å². The second kappa shape index (κ2) is 6.51. The highest BCUT2D eigenvalue weighted by molar-refractivity contribution is 5.51. The van der Waals surface area contributed by atoms with Gasteiger partial charge in [-0.05, 0) is 25.8 Å². The van der Waals surface area contributed by atoms with Crippen LogP contribution in [-0.4, -0.2) is 36.1 Å². The maximum atomic E-state index is 8.36. The van der Waals surface area contributed by atoms with Crippen LogP contribution >= 0.6 is 0 Å². The van der Waals surface area contributed by atoms with E-state index in [9.17, 15) is 0 Å². The molecule has 2 aromatic heterocycles. The third-order valence-corrected chi connectivity index (χ3v) is 3.45. The summed E-state index contributed by atoms with van der Waals surface area (Å²) in [7, 11) is 1.99. The molecule has 0 aromatic carbocycles. The van der Waals surface area contributed by atoms with E-state index in [1.165, 1.54) is 18.5 Å². The summed E-state index contributed by atoms with van der Waals surface area (Å²) in [6.45, 7) is 4.76. The molecule has 21 heavy (non-hydrogen) atoms. The van der Waals surface area contributed by atoms with Gasteiger partial charge in [-0.15, -0.1) is 0 Å². The minimum atomic E-state index is -0.250. The Balaban J connectivity index is 0.000000497. The Hall–Kier alpha value is -2.18. The molecule has 7 heteroatoms. The summed E-state index contributed by atoms with van der Waals surface area (Å²) >= 11 is 0. The van der Waals surface area contributed by atoms with Gasteiger partial charge in [0.2, 0.25) is 0 Å². The van der Waals surface area contributed by atoms with E-state index in [1.807, 2.05) is 16.4 Å². The zero-order valence-electron chi connectivity index (χ0n) is 12.7. The van der Waals surface area contributed by atoms with Crippen LogP contribution in [0.15, 0.2) is 6.07 Å². The number of aromatic nitrogens is 5. The molecule has 3 rings (SSSR count). The predicted molar refractivity (Wildman–Crippen MR) is 77.9 cm³/mol. The summed E-state index contributed by atoms with van der Waals surface area (Å²) < 4.78 is 3.90. The Morgan fingerprint density at radius 2 is 2.05 bits per heavy atom. The van der Waals surface area contributed by atoms with E-state index in [4.69, 9.17) is 9.90 Å². The van der Waals surface area contributed by atoms with E-state index >= 15 is 0 Å². The molecule has 2 aromatic rings. The Kier molecular flexibility index (Phi) is 4.72. The van der Waals surface area contributed by atoms with Gasteiger partial charge in [0.05, 0.1) is 5.69 Å². The molecule has 0 spiro atoms. The lowest BCUT2D eigenvalue weighted by Crippen LogP contribution is -2.03. The molecule has 0 amide bonds. The van der Waals surface area contributed by atoms with Gasteiger partial charge >= 0.3 is 0 Å². The highest BCUT2D eigenvalue weighted by Gasteiger charge is 2.28. The van der Waals surface area contributed by atoms with Crippen LogP contribution in [0.5, 0.6) is 0 Å². The molecule has 7 nitrogen and oxygen atoms in total. The standard InChI is InChI=1S/C13H19N5.CH2O2/c1-4-12-14-13(18(5-2)16-12)11-8-10(9-6-7-9)15-17(11)3;2-1-3/h8-9H,4-7H2,1-3H3;1H,(H,2,3). The Morgan fingerprint density at radius 3 is 2.57 bits per heavy atom. The van der Waals surface area contributed by atoms with Gasteiger partial charge in [-0.25, -0.2) is 9.67 Å². The molecule has 1 fully saturated rings. The van der Waals surface area contributed by atoms with Crippen LogP contribution in [0.2, 0.25) is 0 Å². The number of nitrogens with zero attached hydrogens (tertiary/aromatic N) is 5. The normalized spacial score (nSPS) is 13.7. The zero-order valence-corrected chi connectivity index (χ0v) is 12.7. The molecule has 0 radical (unpaired) electrons. The SMILES string of the molecule is CCc1nc(-c2cc(C3CC3)nn2C)n(CC)n1.O=CO. The summed E-state index contributed by atoms with van der Waals surface area (Å²) in [5.74, 6) is 2.52. The van der Waals surface area contributed by atoms with Crippen LogP contribution in [0.25, 0.3) is 11.5 Å². The van der Waals surface area contributed by atoms with Crippen LogP contribution in [-0.2, 0) is 24.8 Å². The molecule has 0 saturated heterocycles. The van der Waals surface area contributed by atoms with Gasteiger partial charge < -0.3 is 5.11 Å². The molecule has 1 aliphatic carbocycles. The zero-order chi connectivity index (χ0) is 15.4. The van der Waals surface area contributed by atoms with Crippen molar-refractivity contribution < 1.29 is 9.90 Å². The highest BCUT2D eigenvalue weighted by Crippen LogP contribution is 2.40. The first-order valence-corrected chi connectivity index (χ1v) is 7.20. The molecule has 1 aliphatic rings. The molecule has 2 heterocycles. The van der Waals surface area contributed by atoms with Gasteiger partial charge in [0, 0.05) is 25.9 Å². The Bertz CT molecular complexity index is 613. The number of aryl methyl sites for hydroxylation is 3. The van der Waals surface area contributed by atoms with Crippen LogP contribution < -0.4 is 0 Å². The van der Waals surface area contributed by atoms with Crippen LogP contribution in [0.3, 0.4) is 0 Å². The van der Waals surface area contributed by atoms with Crippen molar-refractivity contribution in [3.05, 3.63) is 17.6 Å². The van der Waals surface area contributed by atoms with Crippen LogP contribution in [0.1, 0.15) is 44.1 Å². The van der Waals surface area contributed by atoms with E-state index in [-0.39, 0.29) is 6.47 Å². The summed E-state index contributed by atoms with van der Waals surface area (Å²) in [5, 5.41) is 16.0.